The summed E-state index contributed by atoms with van der Waals surface area (Å²) < 4.78 is 31.9. The molecule has 0 atom stereocenters. The normalized spacial score (nSPS) is 10.3. The van der Waals surface area contributed by atoms with Crippen LogP contribution in [-0.4, -0.2) is 30.2 Å². The van der Waals surface area contributed by atoms with E-state index in [1.165, 1.54) is 24.5 Å². The Kier molecular flexibility index (Phi) is 4.78. The van der Waals surface area contributed by atoms with Gasteiger partial charge in [-0.05, 0) is 12.1 Å². The van der Waals surface area contributed by atoms with Gasteiger partial charge in [0.05, 0.1) is 6.61 Å². The first-order valence-corrected chi connectivity index (χ1v) is 5.96. The van der Waals surface area contributed by atoms with E-state index in [0.717, 1.165) is 0 Å². The van der Waals surface area contributed by atoms with Crippen LogP contribution in [0.15, 0.2) is 30.6 Å². The van der Waals surface area contributed by atoms with E-state index in [1.54, 1.807) is 13.2 Å². The molecular formula is C13H14F2N4O. The lowest BCUT2D eigenvalue weighted by Gasteiger charge is -2.09. The van der Waals surface area contributed by atoms with Gasteiger partial charge in [-0.25, -0.2) is 18.7 Å². The van der Waals surface area contributed by atoms with Crippen LogP contribution in [0.25, 0.3) is 0 Å². The minimum Gasteiger partial charge on any atom is -0.383 e. The molecule has 0 saturated heterocycles. The van der Waals surface area contributed by atoms with Crippen molar-refractivity contribution >= 4 is 17.3 Å². The second-order valence-electron chi connectivity index (χ2n) is 3.93. The van der Waals surface area contributed by atoms with Crippen LogP contribution in [0.2, 0.25) is 0 Å². The molecule has 2 aromatic rings. The second-order valence-corrected chi connectivity index (χ2v) is 3.93. The summed E-state index contributed by atoms with van der Waals surface area (Å²) in [5, 5.41) is 5.60. The highest BCUT2D eigenvalue weighted by atomic mass is 19.1. The molecule has 0 fully saturated rings. The van der Waals surface area contributed by atoms with Gasteiger partial charge in [0.15, 0.2) is 0 Å². The summed E-state index contributed by atoms with van der Waals surface area (Å²) in [6.45, 7) is 1.09. The molecule has 5 nitrogen and oxygen atoms in total. The topological polar surface area (TPSA) is 59.1 Å². The number of hydrogen-bond donors (Lipinski definition) is 2. The first-order valence-electron chi connectivity index (χ1n) is 5.96. The average Bonchev–Trinajstić information content (AvgIpc) is 2.44. The molecular weight excluding hydrogens is 266 g/mol. The molecule has 1 aromatic carbocycles. The fourth-order valence-electron chi connectivity index (χ4n) is 1.55. The van der Waals surface area contributed by atoms with E-state index in [1.807, 2.05) is 0 Å². The number of anilines is 3. The maximum Gasteiger partial charge on any atom is 0.149 e. The van der Waals surface area contributed by atoms with Crippen LogP contribution in [0.1, 0.15) is 0 Å². The Morgan fingerprint density at radius 1 is 1.15 bits per heavy atom. The van der Waals surface area contributed by atoms with Gasteiger partial charge >= 0.3 is 0 Å². The summed E-state index contributed by atoms with van der Waals surface area (Å²) in [6.07, 6.45) is 1.30. The van der Waals surface area contributed by atoms with Gasteiger partial charge in [0, 0.05) is 19.7 Å². The molecule has 1 heterocycles. The van der Waals surface area contributed by atoms with Gasteiger partial charge in [-0.15, -0.1) is 0 Å². The Labute approximate surface area is 115 Å². The smallest absolute Gasteiger partial charge is 0.149 e. The van der Waals surface area contributed by atoms with Crippen molar-refractivity contribution in [3.63, 3.8) is 0 Å². The number of rotatable bonds is 6. The highest BCUT2D eigenvalue weighted by Gasteiger charge is 2.09. The molecule has 0 radical (unpaired) electrons. The fraction of sp³-hybridized carbons (Fsp3) is 0.231. The molecule has 20 heavy (non-hydrogen) atoms. The van der Waals surface area contributed by atoms with E-state index in [0.29, 0.717) is 24.8 Å². The zero-order valence-corrected chi connectivity index (χ0v) is 10.9. The summed E-state index contributed by atoms with van der Waals surface area (Å²) in [6, 6.07) is 5.20. The Balaban J connectivity index is 2.11. The second kappa shape index (κ2) is 6.76. The highest BCUT2D eigenvalue weighted by Crippen LogP contribution is 2.22. The third-order valence-corrected chi connectivity index (χ3v) is 2.50. The van der Waals surface area contributed by atoms with Crippen LogP contribution in [-0.2, 0) is 4.74 Å². The number of halogens is 2. The highest BCUT2D eigenvalue weighted by molar-refractivity contribution is 5.59. The Morgan fingerprint density at radius 3 is 2.55 bits per heavy atom. The summed E-state index contributed by atoms with van der Waals surface area (Å²) in [5.41, 5.74) is -0.242. The van der Waals surface area contributed by atoms with E-state index >= 15 is 0 Å². The van der Waals surface area contributed by atoms with Crippen molar-refractivity contribution in [3.05, 3.63) is 42.2 Å². The minimum atomic E-state index is -0.683. The number of aromatic nitrogens is 2. The van der Waals surface area contributed by atoms with Crippen molar-refractivity contribution < 1.29 is 13.5 Å². The van der Waals surface area contributed by atoms with Gasteiger partial charge in [0.25, 0.3) is 0 Å². The number of nitrogens with zero attached hydrogens (tertiary/aromatic N) is 2. The van der Waals surface area contributed by atoms with Crippen molar-refractivity contribution in [2.24, 2.45) is 0 Å². The standard InChI is InChI=1S/C13H14F2N4O/c1-20-6-5-16-11-7-12(18-8-17-11)19-13-9(14)3-2-4-10(13)15/h2-4,7-8H,5-6H2,1H3,(H2,16,17,18,19). The van der Waals surface area contributed by atoms with E-state index < -0.39 is 11.6 Å². The first kappa shape index (κ1) is 14.1. The molecule has 1 aromatic heterocycles. The molecule has 0 bridgehead atoms. The van der Waals surface area contributed by atoms with Crippen LogP contribution in [0.4, 0.5) is 26.1 Å². The van der Waals surface area contributed by atoms with Crippen molar-refractivity contribution in [1.82, 2.24) is 9.97 Å². The predicted octanol–water partition coefficient (Wildman–Crippen LogP) is 2.56. The largest absolute Gasteiger partial charge is 0.383 e. The van der Waals surface area contributed by atoms with Gasteiger partial charge in [-0.3, -0.25) is 0 Å². The first-order chi connectivity index (χ1) is 9.70. The molecule has 0 unspecified atom stereocenters. The van der Waals surface area contributed by atoms with E-state index in [2.05, 4.69) is 20.6 Å². The van der Waals surface area contributed by atoms with Crippen molar-refractivity contribution in [2.75, 3.05) is 30.9 Å². The van der Waals surface area contributed by atoms with Crippen molar-refractivity contribution in [2.45, 2.75) is 0 Å². The van der Waals surface area contributed by atoms with E-state index in [9.17, 15) is 8.78 Å². The zero-order chi connectivity index (χ0) is 14.4. The van der Waals surface area contributed by atoms with Crippen LogP contribution < -0.4 is 10.6 Å². The van der Waals surface area contributed by atoms with Crippen molar-refractivity contribution in [1.29, 1.82) is 0 Å². The lowest BCUT2D eigenvalue weighted by molar-refractivity contribution is 0.210. The number of para-hydroxylation sites is 1. The summed E-state index contributed by atoms with van der Waals surface area (Å²) in [5.74, 6) is -0.532. The van der Waals surface area contributed by atoms with Crippen LogP contribution in [0.5, 0.6) is 0 Å². The van der Waals surface area contributed by atoms with Gasteiger partial charge in [-0.2, -0.15) is 0 Å². The summed E-state index contributed by atoms with van der Waals surface area (Å²) >= 11 is 0. The van der Waals surface area contributed by atoms with Crippen LogP contribution in [0.3, 0.4) is 0 Å². The monoisotopic (exact) mass is 280 g/mol. The SMILES string of the molecule is COCCNc1cc(Nc2c(F)cccc2F)ncn1. The minimum absolute atomic E-state index is 0.242. The number of benzene rings is 1. The Hall–Kier alpha value is -2.28. The Morgan fingerprint density at radius 2 is 1.85 bits per heavy atom. The molecule has 0 aliphatic rings. The van der Waals surface area contributed by atoms with Crippen molar-refractivity contribution in [3.8, 4) is 0 Å². The fourth-order valence-corrected chi connectivity index (χ4v) is 1.55. The van der Waals surface area contributed by atoms with Gasteiger partial charge in [0.2, 0.25) is 0 Å². The van der Waals surface area contributed by atoms with Crippen LogP contribution >= 0.6 is 0 Å². The molecule has 106 valence electrons. The molecule has 2 N–H and O–H groups in total. The third-order valence-electron chi connectivity index (χ3n) is 2.50. The Bertz CT molecular complexity index is 560. The predicted molar refractivity (Wildman–Crippen MR) is 72.0 cm³/mol. The molecule has 0 spiro atoms. The molecule has 2 rings (SSSR count). The van der Waals surface area contributed by atoms with Crippen LogP contribution in [0, 0.1) is 11.6 Å². The quantitative estimate of drug-likeness (QED) is 0.796. The van der Waals surface area contributed by atoms with E-state index in [-0.39, 0.29) is 5.69 Å². The molecule has 0 saturated carbocycles. The number of nitrogens with one attached hydrogen (secondary N) is 2. The molecule has 0 aliphatic carbocycles. The molecule has 7 heteroatoms. The average molecular weight is 280 g/mol. The lowest BCUT2D eigenvalue weighted by atomic mass is 10.3. The zero-order valence-electron chi connectivity index (χ0n) is 10.9. The third kappa shape index (κ3) is 3.61. The van der Waals surface area contributed by atoms with Gasteiger partial charge in [0.1, 0.15) is 35.3 Å². The lowest BCUT2D eigenvalue weighted by Crippen LogP contribution is -2.09. The summed E-state index contributed by atoms with van der Waals surface area (Å²) in [7, 11) is 1.59. The maximum absolute atomic E-state index is 13.5. The van der Waals surface area contributed by atoms with Gasteiger partial charge in [-0.1, -0.05) is 6.07 Å². The number of methoxy groups -OCH3 is 1. The maximum atomic E-state index is 13.5. The van der Waals surface area contributed by atoms with E-state index in [4.69, 9.17) is 4.74 Å². The molecule has 0 aliphatic heterocycles. The summed E-state index contributed by atoms with van der Waals surface area (Å²) in [4.78, 5) is 7.91. The number of hydrogen-bond acceptors (Lipinski definition) is 5. The number of ether oxygens (including phenoxy) is 1. The molecule has 0 amide bonds. The van der Waals surface area contributed by atoms with Gasteiger partial charge < -0.3 is 15.4 Å².